The van der Waals surface area contributed by atoms with E-state index in [1.807, 2.05) is 4.90 Å². The van der Waals surface area contributed by atoms with E-state index in [0.29, 0.717) is 53.7 Å². The number of halogens is 10. The molecule has 0 radical (unpaired) electrons. The van der Waals surface area contributed by atoms with Gasteiger partial charge in [-0.2, -0.15) is 26.3 Å². The number of rotatable bonds is 24. The van der Waals surface area contributed by atoms with Gasteiger partial charge in [-0.25, -0.2) is 17.6 Å². The molecule has 2 saturated heterocycles. The highest BCUT2D eigenvalue weighted by Crippen LogP contribution is 2.36. The van der Waals surface area contributed by atoms with E-state index in [1.54, 1.807) is 41.3 Å². The van der Waals surface area contributed by atoms with E-state index in [1.165, 1.54) is 54.3 Å². The van der Waals surface area contributed by atoms with Crippen LogP contribution in [0.25, 0.3) is 44.1 Å². The number of aromatic nitrogens is 2. The fourth-order valence-electron chi connectivity index (χ4n) is 11.7. The van der Waals surface area contributed by atoms with E-state index in [9.17, 15) is 59.4 Å². The van der Waals surface area contributed by atoms with Crippen LogP contribution in [0.4, 0.5) is 43.9 Å². The minimum Gasteiger partial charge on any atom is -0.383 e. The Morgan fingerprint density at radius 3 is 1.66 bits per heavy atom. The molecular weight excluding hydrogens is 1410 g/mol. The molecule has 10 aromatic rings. The molecule has 0 unspecified atom stereocenters. The molecule has 105 heavy (non-hydrogen) atoms. The van der Waals surface area contributed by atoms with E-state index in [2.05, 4.69) is 0 Å². The van der Waals surface area contributed by atoms with Crippen molar-refractivity contribution in [2.24, 2.45) is 0 Å². The number of amides is 2. The van der Waals surface area contributed by atoms with Crippen molar-refractivity contribution < 1.29 is 97.2 Å². The lowest BCUT2D eigenvalue weighted by Crippen LogP contribution is -2.48. The van der Waals surface area contributed by atoms with Crippen LogP contribution >= 0.6 is 23.5 Å². The third-order valence-electron chi connectivity index (χ3n) is 17.2. The first-order chi connectivity index (χ1) is 60.5. The fraction of sp³-hybridized carbons (Fsp3) is 0.309. The number of alkyl halides is 6. The standard InChI is InChI=1S/C41H40F5N3O3S.C40H38F5N3O3S/c1-27-6-15-36-34(22-27)37(50)23-39(53-26-31-4-3-5-35(42)40(31)43)49(36)25-38(51)48(33-16-18-47(19-17-33)20-21-52-2)24-28-7-9-29(10-8-28)30-11-13-32(14-12-30)41(44,45)46;1-51-22-21-46-19-17-32(18-20-46)47(24-27-9-11-28(12-10-27)29-13-15-31(16-14-29)40(43,44)45)37(50)25-48-35-8-3-2-6-33(35)36(49)23-38(48)52-26-30-5-4-7-34(41)39(30)42/h3-15,22-23,33H,16-21,24-26H2,1-2H3;2-16,23,32H,17-22,24-26H2,1H3/i2D3,3D,4D,5D,6D,7D,8D,9D,10D,11D,12D,13D,14D,15D,22D,23D,25D2;1D3,25D2. The van der Waals surface area contributed by atoms with Crippen LogP contribution in [-0.2, 0) is 69.0 Å². The maximum atomic E-state index is 15.4. The van der Waals surface area contributed by atoms with E-state index in [-0.39, 0.29) is 96.8 Å². The third kappa shape index (κ3) is 19.5. The number of hydrogen-bond donors (Lipinski definition) is 0. The van der Waals surface area contributed by atoms with E-state index < -0.39 is 250 Å². The Morgan fingerprint density at radius 2 is 1.07 bits per heavy atom. The minimum absolute atomic E-state index is 0.0172. The van der Waals surface area contributed by atoms with Crippen molar-refractivity contribution in [3.63, 3.8) is 0 Å². The number of likely N-dealkylation sites (tertiary alicyclic amines) is 2. The predicted molar refractivity (Wildman–Crippen MR) is 391 cm³/mol. The Morgan fingerprint density at radius 1 is 0.533 bits per heavy atom. The second-order valence-corrected chi connectivity index (χ2v) is 26.1. The maximum absolute atomic E-state index is 15.4. The van der Waals surface area contributed by atoms with Crippen LogP contribution in [0.2, 0.25) is 0 Å². The van der Waals surface area contributed by atoms with Crippen LogP contribution in [0.3, 0.4) is 0 Å². The largest absolute Gasteiger partial charge is 0.416 e. The smallest absolute Gasteiger partial charge is 0.383 e. The highest BCUT2D eigenvalue weighted by molar-refractivity contribution is 7.98. The molecule has 24 heteroatoms. The van der Waals surface area contributed by atoms with Gasteiger partial charge in [0.25, 0.3) is 0 Å². The molecule has 0 aliphatic carbocycles. The molecule has 2 fully saturated rings. The maximum Gasteiger partial charge on any atom is 0.416 e. The van der Waals surface area contributed by atoms with Crippen molar-refractivity contribution in [2.45, 2.75) is 105 Å². The molecule has 12 nitrogen and oxygen atoms in total. The molecule has 2 aliphatic rings. The normalized spacial score (nSPS) is 18.1. The average Bonchev–Trinajstić information content (AvgIpc) is 0.716. The Bertz CT molecular complexity index is 6080. The van der Waals surface area contributed by atoms with Crippen LogP contribution in [-0.4, -0.2) is 119 Å². The number of carbonyl (C=O) groups excluding carboxylic acids is 2. The summed E-state index contributed by atoms with van der Waals surface area (Å²) in [5, 5.41) is -1.58. The van der Waals surface area contributed by atoms with Gasteiger partial charge in [-0.1, -0.05) is 121 Å². The van der Waals surface area contributed by atoms with Crippen LogP contribution in [0.1, 0.15) is 98.9 Å². The first-order valence-electron chi connectivity index (χ1n) is 44.9. The van der Waals surface area contributed by atoms with Gasteiger partial charge in [-0.15, -0.1) is 23.5 Å². The molecule has 0 atom stereocenters. The predicted octanol–water partition coefficient (Wildman–Crippen LogP) is 17.1. The number of nitrogens with zero attached hydrogens (tertiary/aromatic N) is 6. The van der Waals surface area contributed by atoms with Gasteiger partial charge in [0, 0.05) is 124 Å². The quantitative estimate of drug-likeness (QED) is 0.0428. The number of methoxy groups -OCH3 is 2. The summed E-state index contributed by atoms with van der Waals surface area (Å²) in [5.41, 5.74) is -7.45. The number of benzene rings is 8. The number of para-hydroxylation sites is 1. The van der Waals surface area contributed by atoms with Gasteiger partial charge in [0.1, 0.15) is 13.0 Å². The number of piperidine rings is 2. The van der Waals surface area contributed by atoms with Crippen LogP contribution in [0.5, 0.6) is 0 Å². The Hall–Kier alpha value is -9.04. The van der Waals surface area contributed by atoms with Gasteiger partial charge in [-0.05, 0) is 127 Å². The lowest BCUT2D eigenvalue weighted by molar-refractivity contribution is -0.138. The summed E-state index contributed by atoms with van der Waals surface area (Å²) in [6, 6.07) is 3.74. The Labute approximate surface area is 645 Å². The second-order valence-electron chi connectivity index (χ2n) is 24.1. The van der Waals surface area contributed by atoms with Crippen molar-refractivity contribution in [3.05, 3.63) is 270 Å². The van der Waals surface area contributed by atoms with Crippen LogP contribution in [0.15, 0.2) is 207 Å². The Balaban J connectivity index is 0.000000259. The van der Waals surface area contributed by atoms with Crippen LogP contribution in [0, 0.1) is 30.2 Å². The molecule has 2 aliphatic heterocycles. The zero-order valence-electron chi connectivity index (χ0n) is 80.4. The van der Waals surface area contributed by atoms with Gasteiger partial charge in [0.2, 0.25) is 11.8 Å². The van der Waals surface area contributed by atoms with E-state index >= 15 is 9.18 Å². The number of carbonyl (C=O) groups is 2. The summed E-state index contributed by atoms with van der Waals surface area (Å²) in [4.78, 5) is 63.4. The van der Waals surface area contributed by atoms with Crippen molar-refractivity contribution in [1.29, 1.82) is 0 Å². The lowest BCUT2D eigenvalue weighted by Gasteiger charge is -2.39. The first-order valence-corrected chi connectivity index (χ1v) is 34.3. The van der Waals surface area contributed by atoms with Gasteiger partial charge < -0.3 is 38.2 Å². The van der Waals surface area contributed by atoms with Crippen molar-refractivity contribution in [1.82, 2.24) is 28.7 Å². The van der Waals surface area contributed by atoms with Gasteiger partial charge >= 0.3 is 12.4 Å². The number of hydrogen-bond acceptors (Lipinski definition) is 10. The highest BCUT2D eigenvalue weighted by atomic mass is 32.2. The SMILES string of the molecule is [2H]C([2H])([2H])OCCN1CCC(N(Cc2ccc(-c3ccc(C(F)(F)F)cc3)cc2)C(=O)C([2H])([2H])n2c(SCc3cccc(F)c3F)cc(=O)c3ccccc32)CC1.[2H]c1c([2H])c(F)c(F)c(CSc2c([2H])c(=O)c3c([2H])c(C)c([2H])c([2H])c3n2C([2H])([2H])C(=O)N(Cc2c([2H])c([2H])c(-c3c([2H])c([2H])c(C(F)(F)F)c([2H])c3[2H])c([2H])c2[2H])C2CCN(CCOC([2H])([2H])[2H])CC2)c1[2H]. The summed E-state index contributed by atoms with van der Waals surface area (Å²) in [6.07, 6.45) is -9.26. The average molecular weight is 1510 g/mol. The molecule has 4 heterocycles. The van der Waals surface area contributed by atoms with E-state index in [4.69, 9.17) is 38.3 Å². The second kappa shape index (κ2) is 34.9. The molecular formula is C81H78F10N6O6S2. The summed E-state index contributed by atoms with van der Waals surface area (Å²) in [6.45, 7) is -5.42. The number of ether oxygens (including phenoxy) is 2. The van der Waals surface area contributed by atoms with Crippen molar-refractivity contribution >= 4 is 57.1 Å². The molecule has 12 rings (SSSR count). The molecule has 0 saturated carbocycles. The summed E-state index contributed by atoms with van der Waals surface area (Å²) in [7, 11) is -5.28. The molecule has 2 amide bonds. The Kier molecular flexibility index (Phi) is 16.8. The van der Waals surface area contributed by atoms with Crippen molar-refractivity contribution in [3.8, 4) is 22.3 Å². The fourth-order valence-corrected chi connectivity index (χ4v) is 13.6. The van der Waals surface area contributed by atoms with Crippen molar-refractivity contribution in [2.75, 3.05) is 66.6 Å². The monoisotopic (exact) mass is 1510 g/mol. The minimum atomic E-state index is -5.39. The zero-order valence-corrected chi connectivity index (χ0v) is 57.1. The highest BCUT2D eigenvalue weighted by Gasteiger charge is 2.34. The topological polar surface area (TPSA) is 110 Å². The molecule has 550 valence electrons. The molecule has 0 spiro atoms. The van der Waals surface area contributed by atoms with Crippen LogP contribution < -0.4 is 10.9 Å². The van der Waals surface area contributed by atoms with E-state index in [0.717, 1.165) is 39.4 Å². The molecule has 8 aromatic carbocycles. The number of fused-ring (bicyclic) bond motifs is 2. The van der Waals surface area contributed by atoms with Gasteiger partial charge in [-0.3, -0.25) is 19.2 Å². The van der Waals surface area contributed by atoms with Gasteiger partial charge in [0.15, 0.2) is 34.1 Å². The summed E-state index contributed by atoms with van der Waals surface area (Å²) in [5.74, 6) is -9.53. The van der Waals surface area contributed by atoms with Gasteiger partial charge in [0.05, 0.1) is 79.7 Å². The first kappa shape index (κ1) is 50.5. The molecule has 2 aromatic heterocycles. The third-order valence-corrected chi connectivity index (χ3v) is 19.3. The summed E-state index contributed by atoms with van der Waals surface area (Å²) < 4.78 is 361. The molecule has 0 bridgehead atoms. The number of thioether (sulfide) groups is 2. The summed E-state index contributed by atoms with van der Waals surface area (Å²) >= 11 is 1.03. The lowest BCUT2D eigenvalue weighted by atomic mass is 10.00. The zero-order chi connectivity index (χ0) is 96.2. The number of pyridine rings is 2. The molecule has 0 N–H and O–H groups in total.